The lowest BCUT2D eigenvalue weighted by Gasteiger charge is -2.35. The minimum atomic E-state index is -0.438. The molecule has 178 valence electrons. The number of hydrogen-bond acceptors (Lipinski definition) is 8. The Labute approximate surface area is 204 Å². The molecule has 3 heterocycles. The van der Waals surface area contributed by atoms with Crippen molar-refractivity contribution >= 4 is 30.3 Å². The molecule has 1 N–H and O–H groups in total. The highest BCUT2D eigenvalue weighted by Gasteiger charge is 2.48. The van der Waals surface area contributed by atoms with E-state index in [0.717, 1.165) is 37.8 Å². The van der Waals surface area contributed by atoms with Gasteiger partial charge in [-0.2, -0.15) is 10.1 Å². The zero-order chi connectivity index (χ0) is 22.5. The number of benzene rings is 1. The Morgan fingerprint density at radius 1 is 1.09 bits per heavy atom. The first-order chi connectivity index (χ1) is 16.2. The van der Waals surface area contributed by atoms with Crippen LogP contribution in [0, 0.1) is 5.92 Å². The van der Waals surface area contributed by atoms with E-state index in [1.807, 2.05) is 30.3 Å². The van der Waals surface area contributed by atoms with Gasteiger partial charge in [0.15, 0.2) is 5.82 Å². The second-order valence-electron chi connectivity index (χ2n) is 8.54. The van der Waals surface area contributed by atoms with E-state index in [2.05, 4.69) is 25.5 Å². The fourth-order valence-corrected chi connectivity index (χ4v) is 4.38. The van der Waals surface area contributed by atoms with Crippen molar-refractivity contribution in [3.63, 3.8) is 0 Å². The molecule has 2 aliphatic rings. The zero-order valence-electron chi connectivity index (χ0n) is 18.7. The third-order valence-electron chi connectivity index (χ3n) is 6.23. The molecule has 1 saturated heterocycles. The van der Waals surface area contributed by atoms with Crippen LogP contribution < -0.4 is 15.0 Å². The number of aromatic nitrogens is 4. The molecule has 1 saturated carbocycles. The molecule has 1 aliphatic heterocycles. The van der Waals surface area contributed by atoms with Crippen LogP contribution in [0.15, 0.2) is 60.9 Å². The molecular formula is C24H27ClN6O3. The van der Waals surface area contributed by atoms with Crippen molar-refractivity contribution in [3.05, 3.63) is 66.5 Å². The number of carbonyl (C=O) groups excluding carboxylic acids is 1. The highest BCUT2D eigenvalue weighted by atomic mass is 35.5. The highest BCUT2D eigenvalue weighted by molar-refractivity contribution is 5.89. The lowest BCUT2D eigenvalue weighted by atomic mass is 9.78. The number of rotatable bonds is 7. The summed E-state index contributed by atoms with van der Waals surface area (Å²) < 4.78 is 11.6. The largest absolute Gasteiger partial charge is 0.473 e. The van der Waals surface area contributed by atoms with E-state index >= 15 is 0 Å². The molecule has 0 bridgehead atoms. The van der Waals surface area contributed by atoms with Gasteiger partial charge >= 0.3 is 6.09 Å². The monoisotopic (exact) mass is 482 g/mol. The van der Waals surface area contributed by atoms with E-state index in [0.29, 0.717) is 36.7 Å². The summed E-state index contributed by atoms with van der Waals surface area (Å²) in [7, 11) is 0. The van der Waals surface area contributed by atoms with Crippen LogP contribution in [-0.4, -0.2) is 44.9 Å². The average Bonchev–Trinajstić information content (AvgIpc) is 3.19. The number of nitrogens with one attached hydrogen (secondary N) is 1. The Morgan fingerprint density at radius 2 is 1.91 bits per heavy atom. The molecule has 1 aromatic carbocycles. The topological polar surface area (TPSA) is 102 Å². The average molecular weight is 483 g/mol. The van der Waals surface area contributed by atoms with Crippen molar-refractivity contribution in [1.82, 2.24) is 20.2 Å². The van der Waals surface area contributed by atoms with E-state index in [4.69, 9.17) is 9.47 Å². The van der Waals surface area contributed by atoms with Gasteiger partial charge in [0.05, 0.1) is 6.54 Å². The Morgan fingerprint density at radius 3 is 2.68 bits per heavy atom. The number of amides is 1. The van der Waals surface area contributed by atoms with Gasteiger partial charge in [-0.05, 0) is 49.3 Å². The summed E-state index contributed by atoms with van der Waals surface area (Å²) in [5.74, 6) is 2.09. The molecule has 3 aromatic rings. The summed E-state index contributed by atoms with van der Waals surface area (Å²) in [6, 6.07) is 15.3. The van der Waals surface area contributed by atoms with Gasteiger partial charge in [-0.25, -0.2) is 9.78 Å². The quantitative estimate of drug-likeness (QED) is 0.532. The second-order valence-corrected chi connectivity index (χ2v) is 8.54. The predicted molar refractivity (Wildman–Crippen MR) is 129 cm³/mol. The molecule has 1 amide bonds. The van der Waals surface area contributed by atoms with Crippen molar-refractivity contribution in [2.24, 2.45) is 5.92 Å². The number of nitrogens with zero attached hydrogens (tertiary/aromatic N) is 5. The lowest BCUT2D eigenvalue weighted by molar-refractivity contribution is 0.0148. The number of halogens is 1. The third kappa shape index (κ3) is 5.53. The van der Waals surface area contributed by atoms with Gasteiger partial charge in [-0.1, -0.05) is 30.3 Å². The van der Waals surface area contributed by atoms with Crippen molar-refractivity contribution in [2.75, 3.05) is 23.3 Å². The third-order valence-corrected chi connectivity index (χ3v) is 6.23. The van der Waals surface area contributed by atoms with Crippen LogP contribution in [0.3, 0.4) is 0 Å². The van der Waals surface area contributed by atoms with Crippen LogP contribution in [0.4, 0.5) is 16.6 Å². The fraction of sp³-hybridized carbons (Fsp3) is 0.375. The maximum atomic E-state index is 12.4. The minimum Gasteiger partial charge on any atom is -0.473 e. The Kier molecular flexibility index (Phi) is 7.42. The van der Waals surface area contributed by atoms with Crippen molar-refractivity contribution in [1.29, 1.82) is 0 Å². The standard InChI is InChI=1S/C24H26N6O3.ClH/c31-23-30(20-7-4-13-27-29-20)17-24(33-23)11-8-18(9-12-24)15-26-22-25-14-10-21(28-22)32-16-19-5-2-1-3-6-19;/h1-7,10,13-14,18H,8-9,11-12,15-17H2,(H,25,26,28);1H. The molecule has 5 rings (SSSR count). The maximum absolute atomic E-state index is 12.4. The number of ether oxygens (including phenoxy) is 2. The van der Waals surface area contributed by atoms with Gasteiger partial charge in [-0.15, -0.1) is 17.5 Å². The zero-order valence-corrected chi connectivity index (χ0v) is 19.5. The van der Waals surface area contributed by atoms with E-state index in [1.165, 1.54) is 0 Å². The predicted octanol–water partition coefficient (Wildman–Crippen LogP) is 4.27. The lowest BCUT2D eigenvalue weighted by Crippen LogP contribution is -2.39. The summed E-state index contributed by atoms with van der Waals surface area (Å²) >= 11 is 0. The van der Waals surface area contributed by atoms with E-state index in [9.17, 15) is 4.79 Å². The molecule has 34 heavy (non-hydrogen) atoms. The highest BCUT2D eigenvalue weighted by Crippen LogP contribution is 2.40. The molecule has 2 aromatic heterocycles. The van der Waals surface area contributed by atoms with Gasteiger partial charge in [0.1, 0.15) is 12.2 Å². The van der Waals surface area contributed by atoms with Crippen LogP contribution in [-0.2, 0) is 11.3 Å². The summed E-state index contributed by atoms with van der Waals surface area (Å²) in [6.45, 7) is 1.75. The molecule has 10 heteroatoms. The summed E-state index contributed by atoms with van der Waals surface area (Å²) in [4.78, 5) is 22.8. The van der Waals surface area contributed by atoms with Crippen LogP contribution in [0.2, 0.25) is 0 Å². The van der Waals surface area contributed by atoms with Crippen LogP contribution >= 0.6 is 12.4 Å². The Bertz CT molecular complexity index is 1080. The maximum Gasteiger partial charge on any atom is 0.416 e. The van der Waals surface area contributed by atoms with Crippen molar-refractivity contribution in [2.45, 2.75) is 37.9 Å². The van der Waals surface area contributed by atoms with Crippen LogP contribution in [0.5, 0.6) is 5.88 Å². The van der Waals surface area contributed by atoms with Crippen LogP contribution in [0.25, 0.3) is 0 Å². The molecule has 1 spiro atoms. The van der Waals surface area contributed by atoms with E-state index in [1.54, 1.807) is 35.5 Å². The fourth-order valence-electron chi connectivity index (χ4n) is 4.38. The smallest absolute Gasteiger partial charge is 0.416 e. The van der Waals surface area contributed by atoms with Gasteiger partial charge in [0.2, 0.25) is 11.8 Å². The molecule has 0 radical (unpaired) electrons. The van der Waals surface area contributed by atoms with E-state index < -0.39 is 5.60 Å². The van der Waals surface area contributed by atoms with Crippen molar-refractivity contribution < 1.29 is 14.3 Å². The van der Waals surface area contributed by atoms with Gasteiger partial charge in [0.25, 0.3) is 0 Å². The molecule has 0 atom stereocenters. The van der Waals surface area contributed by atoms with Gasteiger partial charge in [0, 0.05) is 25.0 Å². The second kappa shape index (κ2) is 10.6. The molecule has 9 nitrogen and oxygen atoms in total. The SMILES string of the molecule is Cl.O=C1OC2(CCC(CNc3nccc(OCc4ccccc4)n3)CC2)CN1c1cccnn1. The summed E-state index contributed by atoms with van der Waals surface area (Å²) in [5.41, 5.74) is 0.652. The number of carbonyl (C=O) groups is 1. The van der Waals surface area contributed by atoms with Crippen molar-refractivity contribution in [3.8, 4) is 5.88 Å². The molecule has 0 unspecified atom stereocenters. The Hall–Kier alpha value is -3.46. The first-order valence-electron chi connectivity index (χ1n) is 11.2. The number of hydrogen-bond donors (Lipinski definition) is 1. The first-order valence-corrected chi connectivity index (χ1v) is 11.2. The molecule has 1 aliphatic carbocycles. The molecule has 2 fully saturated rings. The van der Waals surface area contributed by atoms with Gasteiger partial charge < -0.3 is 14.8 Å². The number of anilines is 2. The van der Waals surface area contributed by atoms with Gasteiger partial charge in [-0.3, -0.25) is 4.90 Å². The minimum absolute atomic E-state index is 0. The first kappa shape index (κ1) is 23.7. The summed E-state index contributed by atoms with van der Waals surface area (Å²) in [5, 5.41) is 11.2. The van der Waals surface area contributed by atoms with Crippen LogP contribution in [0.1, 0.15) is 31.2 Å². The molecular weight excluding hydrogens is 456 g/mol. The summed E-state index contributed by atoms with van der Waals surface area (Å²) in [6.07, 6.45) is 6.51. The van der Waals surface area contributed by atoms with E-state index in [-0.39, 0.29) is 18.5 Å². The Balaban J connectivity index is 0.00000274. The normalized spacial score (nSPS) is 21.6.